The van der Waals surface area contributed by atoms with E-state index in [0.29, 0.717) is 6.42 Å². The first-order chi connectivity index (χ1) is 5.57. The molecule has 4 unspecified atom stereocenters. The van der Waals surface area contributed by atoms with E-state index in [1.165, 1.54) is 0 Å². The maximum Gasteiger partial charge on any atom is 0.183 e. The van der Waals surface area contributed by atoms with Crippen molar-refractivity contribution in [3.05, 3.63) is 0 Å². The molecule has 0 radical (unpaired) electrons. The molecule has 5 nitrogen and oxygen atoms in total. The Balaban J connectivity index is 2.63. The zero-order valence-electron chi connectivity index (χ0n) is 6.79. The fourth-order valence-electron chi connectivity index (χ4n) is 1.27. The molecule has 4 N–H and O–H groups in total. The van der Waals surface area contributed by atoms with Crippen molar-refractivity contribution in [2.75, 3.05) is 0 Å². The molecule has 0 amide bonds. The average Bonchev–Trinajstić information content (AvgIpc) is 2.08. The minimum Gasteiger partial charge on any atom is -0.388 e. The molecule has 0 bridgehead atoms. The number of hydrogen-bond acceptors (Lipinski definition) is 5. The molecule has 1 rings (SSSR count). The molecule has 72 valence electrons. The monoisotopic (exact) mass is 178 g/mol. The van der Waals surface area contributed by atoms with E-state index < -0.39 is 30.7 Å². The Morgan fingerprint density at radius 2 is 1.58 bits per heavy atom. The third-order valence-electron chi connectivity index (χ3n) is 2.09. The summed E-state index contributed by atoms with van der Waals surface area (Å²) in [5.74, 6) is 0. The van der Waals surface area contributed by atoms with Crippen molar-refractivity contribution in [1.82, 2.24) is 0 Å². The van der Waals surface area contributed by atoms with Crippen LogP contribution in [0.4, 0.5) is 0 Å². The van der Waals surface area contributed by atoms with Gasteiger partial charge in [-0.2, -0.15) is 0 Å². The quantitative estimate of drug-likeness (QED) is 0.380. The lowest BCUT2D eigenvalue weighted by Gasteiger charge is -2.37. The first-order valence-corrected chi connectivity index (χ1v) is 3.95. The zero-order chi connectivity index (χ0) is 9.30. The Morgan fingerprint density at radius 1 is 1.00 bits per heavy atom. The third-order valence-corrected chi connectivity index (χ3v) is 2.09. The average molecular weight is 178 g/mol. The van der Waals surface area contributed by atoms with Crippen LogP contribution >= 0.6 is 0 Å². The predicted octanol–water partition coefficient (Wildman–Crippen LogP) is -1.80. The summed E-state index contributed by atoms with van der Waals surface area (Å²) < 4.78 is 4.83. The van der Waals surface area contributed by atoms with Gasteiger partial charge in [0, 0.05) is 0 Å². The van der Waals surface area contributed by atoms with Gasteiger partial charge in [0.15, 0.2) is 6.29 Å². The highest BCUT2D eigenvalue weighted by Crippen LogP contribution is 2.21. The highest BCUT2D eigenvalue weighted by Gasteiger charge is 2.41. The van der Waals surface area contributed by atoms with Gasteiger partial charge < -0.3 is 25.2 Å². The molecular weight excluding hydrogens is 164 g/mol. The van der Waals surface area contributed by atoms with E-state index in [-0.39, 0.29) is 0 Å². The van der Waals surface area contributed by atoms with Gasteiger partial charge in [-0.3, -0.25) is 0 Å². The second-order valence-corrected chi connectivity index (χ2v) is 2.95. The molecule has 1 heterocycles. The normalized spacial score (nSPS) is 49.2. The number of ether oxygens (including phenoxy) is 1. The van der Waals surface area contributed by atoms with Crippen LogP contribution in [0.2, 0.25) is 0 Å². The van der Waals surface area contributed by atoms with Gasteiger partial charge in [-0.25, -0.2) is 0 Å². The standard InChI is InChI=1S/C7H14O5/c1-2-3-4(8)5(9)6(10)7(11)12-3/h3-11H,2H2,1H3/t3?,4-,5?,6?,7?/m0/s1. The zero-order valence-corrected chi connectivity index (χ0v) is 6.79. The maximum atomic E-state index is 9.28. The van der Waals surface area contributed by atoms with E-state index in [4.69, 9.17) is 14.9 Å². The van der Waals surface area contributed by atoms with Crippen LogP contribution in [0.15, 0.2) is 0 Å². The van der Waals surface area contributed by atoms with E-state index in [1.807, 2.05) is 0 Å². The molecule has 5 atom stereocenters. The van der Waals surface area contributed by atoms with E-state index in [2.05, 4.69) is 0 Å². The molecule has 0 aliphatic carbocycles. The SMILES string of the molecule is CCC1OC(O)C(O)C(O)[C@H]1O. The van der Waals surface area contributed by atoms with Crippen LogP contribution in [-0.4, -0.2) is 51.1 Å². The van der Waals surface area contributed by atoms with Gasteiger partial charge in [0.05, 0.1) is 6.10 Å². The number of aliphatic hydroxyl groups excluding tert-OH is 4. The van der Waals surface area contributed by atoms with Crippen LogP contribution in [0, 0.1) is 0 Å². The molecule has 1 fully saturated rings. The predicted molar refractivity (Wildman–Crippen MR) is 39.2 cm³/mol. The lowest BCUT2D eigenvalue weighted by Crippen LogP contribution is -2.57. The summed E-state index contributed by atoms with van der Waals surface area (Å²) in [6, 6.07) is 0. The molecular formula is C7H14O5. The van der Waals surface area contributed by atoms with Crippen LogP contribution in [0.1, 0.15) is 13.3 Å². The number of rotatable bonds is 1. The van der Waals surface area contributed by atoms with Gasteiger partial charge in [-0.15, -0.1) is 0 Å². The summed E-state index contributed by atoms with van der Waals surface area (Å²) in [6.07, 6.45) is -5.44. The van der Waals surface area contributed by atoms with Crippen LogP contribution in [0.5, 0.6) is 0 Å². The van der Waals surface area contributed by atoms with Crippen LogP contribution in [0.25, 0.3) is 0 Å². The van der Waals surface area contributed by atoms with Gasteiger partial charge in [-0.1, -0.05) is 6.92 Å². The lowest BCUT2D eigenvalue weighted by atomic mass is 9.97. The van der Waals surface area contributed by atoms with Crippen LogP contribution in [0.3, 0.4) is 0 Å². The largest absolute Gasteiger partial charge is 0.388 e. The molecule has 0 aromatic carbocycles. The first-order valence-electron chi connectivity index (χ1n) is 3.95. The smallest absolute Gasteiger partial charge is 0.183 e. The minimum atomic E-state index is -1.43. The van der Waals surface area contributed by atoms with Gasteiger partial charge >= 0.3 is 0 Å². The Bertz CT molecular complexity index is 146. The fraction of sp³-hybridized carbons (Fsp3) is 1.00. The molecule has 0 aromatic rings. The third kappa shape index (κ3) is 1.60. The molecule has 0 aromatic heterocycles. The van der Waals surface area contributed by atoms with Crippen molar-refractivity contribution in [3.63, 3.8) is 0 Å². The molecule has 1 aliphatic heterocycles. The summed E-state index contributed by atoms with van der Waals surface area (Å²) in [4.78, 5) is 0. The molecule has 1 saturated heterocycles. The van der Waals surface area contributed by atoms with E-state index in [0.717, 1.165) is 0 Å². The molecule has 5 heteroatoms. The summed E-state index contributed by atoms with van der Waals surface area (Å²) in [5, 5.41) is 36.5. The fourth-order valence-corrected chi connectivity index (χ4v) is 1.27. The Labute approximate surface area is 70.2 Å². The molecule has 1 aliphatic rings. The van der Waals surface area contributed by atoms with Gasteiger partial charge in [0.2, 0.25) is 0 Å². The van der Waals surface area contributed by atoms with Crippen molar-refractivity contribution >= 4 is 0 Å². The highest BCUT2D eigenvalue weighted by atomic mass is 16.6. The van der Waals surface area contributed by atoms with Gasteiger partial charge in [-0.05, 0) is 6.42 Å². The summed E-state index contributed by atoms with van der Waals surface area (Å²) >= 11 is 0. The minimum absolute atomic E-state index is 0.474. The number of aliphatic hydroxyl groups is 4. The molecule has 0 saturated carbocycles. The van der Waals surface area contributed by atoms with E-state index >= 15 is 0 Å². The summed E-state index contributed by atoms with van der Waals surface area (Å²) in [7, 11) is 0. The summed E-state index contributed by atoms with van der Waals surface area (Å²) in [6.45, 7) is 1.75. The van der Waals surface area contributed by atoms with Crippen molar-refractivity contribution in [2.45, 2.75) is 44.1 Å². The second kappa shape index (κ2) is 3.68. The number of hydrogen-bond donors (Lipinski definition) is 4. The van der Waals surface area contributed by atoms with Crippen molar-refractivity contribution in [2.24, 2.45) is 0 Å². The van der Waals surface area contributed by atoms with E-state index in [1.54, 1.807) is 6.92 Å². The van der Waals surface area contributed by atoms with Crippen LogP contribution < -0.4 is 0 Å². The first kappa shape index (κ1) is 9.88. The van der Waals surface area contributed by atoms with Crippen molar-refractivity contribution in [1.29, 1.82) is 0 Å². The Kier molecular flexibility index (Phi) is 3.03. The summed E-state index contributed by atoms with van der Waals surface area (Å²) in [5.41, 5.74) is 0. The molecule has 0 spiro atoms. The Morgan fingerprint density at radius 3 is 2.08 bits per heavy atom. The second-order valence-electron chi connectivity index (χ2n) is 2.95. The van der Waals surface area contributed by atoms with E-state index in [9.17, 15) is 10.2 Å². The van der Waals surface area contributed by atoms with Crippen molar-refractivity contribution in [3.8, 4) is 0 Å². The molecule has 12 heavy (non-hydrogen) atoms. The topological polar surface area (TPSA) is 90.2 Å². The van der Waals surface area contributed by atoms with Crippen molar-refractivity contribution < 1.29 is 25.2 Å². The maximum absolute atomic E-state index is 9.28. The highest BCUT2D eigenvalue weighted by molar-refractivity contribution is 4.87. The van der Waals surface area contributed by atoms with Gasteiger partial charge in [0.1, 0.15) is 18.3 Å². The Hall–Kier alpha value is -0.200. The lowest BCUT2D eigenvalue weighted by molar-refractivity contribution is -0.281. The van der Waals surface area contributed by atoms with Crippen LogP contribution in [-0.2, 0) is 4.74 Å². The van der Waals surface area contributed by atoms with Gasteiger partial charge in [0.25, 0.3) is 0 Å².